The standard InChI is InChI=1S/C59H47NS/c1-59(2)53-25-11-10-21-48(53)49-33-31-43(36-54(49)59)60(55-35-30-41-17-7-9-20-46(41)57(55)51-23-12-18-40-16-6-8-19-45(40)51)44-32-34-50-52-24-13-22-47(58(52)61-56(50)37-44)42-28-26-39(27-29-42)38-14-4-3-5-15-38/h6-13,16-38H,3-5,14-15H2,1-2H3. The molecule has 2 heteroatoms. The summed E-state index contributed by atoms with van der Waals surface area (Å²) >= 11 is 1.93. The fourth-order valence-electron chi connectivity index (χ4n) is 11.0. The highest BCUT2D eigenvalue weighted by Gasteiger charge is 2.36. The van der Waals surface area contributed by atoms with Crippen LogP contribution in [0.2, 0.25) is 0 Å². The number of hydrogen-bond donors (Lipinski definition) is 0. The lowest BCUT2D eigenvalue weighted by atomic mass is 9.82. The summed E-state index contributed by atoms with van der Waals surface area (Å²) < 4.78 is 2.65. The first-order valence-corrected chi connectivity index (χ1v) is 22.9. The zero-order valence-corrected chi connectivity index (χ0v) is 35.6. The van der Waals surface area contributed by atoms with Crippen molar-refractivity contribution in [3.8, 4) is 33.4 Å². The number of thiophene rings is 1. The minimum Gasteiger partial charge on any atom is -0.310 e. The van der Waals surface area contributed by atoms with E-state index in [1.165, 1.54) is 130 Å². The summed E-state index contributed by atoms with van der Waals surface area (Å²) in [5, 5.41) is 7.62. The van der Waals surface area contributed by atoms with Crippen LogP contribution in [0.25, 0.3) is 75.1 Å². The lowest BCUT2D eigenvalue weighted by molar-refractivity contribution is 0.443. The van der Waals surface area contributed by atoms with Crippen molar-refractivity contribution in [3.63, 3.8) is 0 Å². The van der Waals surface area contributed by atoms with E-state index in [9.17, 15) is 0 Å². The van der Waals surface area contributed by atoms with Crippen molar-refractivity contribution in [3.05, 3.63) is 199 Å². The summed E-state index contributed by atoms with van der Waals surface area (Å²) in [7, 11) is 0. The maximum atomic E-state index is 2.54. The van der Waals surface area contributed by atoms with E-state index in [1.807, 2.05) is 11.3 Å². The van der Waals surface area contributed by atoms with Crippen LogP contribution in [-0.4, -0.2) is 0 Å². The molecule has 294 valence electrons. The summed E-state index contributed by atoms with van der Waals surface area (Å²) in [6, 6.07) is 68.9. The molecule has 9 aromatic carbocycles. The molecule has 0 aliphatic heterocycles. The van der Waals surface area contributed by atoms with Crippen molar-refractivity contribution in [1.82, 2.24) is 0 Å². The van der Waals surface area contributed by atoms with Gasteiger partial charge in [-0.15, -0.1) is 11.3 Å². The zero-order chi connectivity index (χ0) is 40.7. The van der Waals surface area contributed by atoms with Crippen molar-refractivity contribution in [2.45, 2.75) is 57.3 Å². The van der Waals surface area contributed by atoms with Gasteiger partial charge < -0.3 is 4.90 Å². The SMILES string of the molecule is CC1(C)c2ccccc2-c2ccc(N(c3ccc4c(c3)sc3c(-c5ccc(C6CCCCC6)cc5)cccc34)c3ccc4ccccc4c3-c3cccc4ccccc34)cc21. The molecule has 0 bridgehead atoms. The summed E-state index contributed by atoms with van der Waals surface area (Å²) in [6.07, 6.45) is 6.75. The molecule has 0 atom stereocenters. The molecule has 1 aromatic heterocycles. The average molecular weight is 802 g/mol. The van der Waals surface area contributed by atoms with E-state index in [4.69, 9.17) is 0 Å². The highest BCUT2D eigenvalue weighted by Crippen LogP contribution is 2.53. The number of benzene rings is 9. The summed E-state index contributed by atoms with van der Waals surface area (Å²) in [5.74, 6) is 0.708. The monoisotopic (exact) mass is 801 g/mol. The van der Waals surface area contributed by atoms with Crippen molar-refractivity contribution < 1.29 is 0 Å². The fraction of sp³-hybridized carbons (Fsp3) is 0.153. The third-order valence-corrected chi connectivity index (χ3v) is 15.3. The number of rotatable bonds is 6. The van der Waals surface area contributed by atoms with Gasteiger partial charge in [-0.1, -0.05) is 185 Å². The summed E-state index contributed by atoms with van der Waals surface area (Å²) in [5.41, 5.74) is 15.4. The molecule has 1 heterocycles. The highest BCUT2D eigenvalue weighted by molar-refractivity contribution is 7.26. The van der Waals surface area contributed by atoms with Crippen molar-refractivity contribution in [1.29, 1.82) is 0 Å². The van der Waals surface area contributed by atoms with E-state index >= 15 is 0 Å². The van der Waals surface area contributed by atoms with Crippen molar-refractivity contribution in [2.75, 3.05) is 4.90 Å². The summed E-state index contributed by atoms with van der Waals surface area (Å²) in [6.45, 7) is 4.77. The van der Waals surface area contributed by atoms with E-state index < -0.39 is 0 Å². The zero-order valence-electron chi connectivity index (χ0n) is 34.8. The Balaban J connectivity index is 1.07. The van der Waals surface area contributed by atoms with E-state index in [1.54, 1.807) is 0 Å². The number of nitrogens with zero attached hydrogens (tertiary/aromatic N) is 1. The van der Waals surface area contributed by atoms with Gasteiger partial charge in [0.05, 0.1) is 5.69 Å². The van der Waals surface area contributed by atoms with Gasteiger partial charge in [0.15, 0.2) is 0 Å². The van der Waals surface area contributed by atoms with Crippen LogP contribution in [0.1, 0.15) is 68.6 Å². The molecule has 2 aliphatic rings. The molecule has 1 fully saturated rings. The number of hydrogen-bond acceptors (Lipinski definition) is 2. The third kappa shape index (κ3) is 5.87. The Kier molecular flexibility index (Phi) is 8.54. The van der Waals surface area contributed by atoms with Crippen LogP contribution < -0.4 is 4.90 Å². The Bertz CT molecular complexity index is 3320. The molecule has 1 saturated carbocycles. The molecule has 2 aliphatic carbocycles. The van der Waals surface area contributed by atoms with Gasteiger partial charge in [0.1, 0.15) is 0 Å². The second kappa shape index (κ2) is 14.3. The van der Waals surface area contributed by atoms with Gasteiger partial charge in [0.25, 0.3) is 0 Å². The predicted octanol–water partition coefficient (Wildman–Crippen LogP) is 17.5. The second-order valence-electron chi connectivity index (χ2n) is 17.9. The second-order valence-corrected chi connectivity index (χ2v) is 18.9. The van der Waals surface area contributed by atoms with Crippen LogP contribution in [0.5, 0.6) is 0 Å². The molecule has 0 spiro atoms. The summed E-state index contributed by atoms with van der Waals surface area (Å²) in [4.78, 5) is 2.54. The molecule has 10 aromatic rings. The minimum absolute atomic E-state index is 0.129. The van der Waals surface area contributed by atoms with Crippen LogP contribution in [0.3, 0.4) is 0 Å². The van der Waals surface area contributed by atoms with Gasteiger partial charge in [-0.25, -0.2) is 0 Å². The van der Waals surface area contributed by atoms with Gasteiger partial charge >= 0.3 is 0 Å². The van der Waals surface area contributed by atoms with Crippen molar-refractivity contribution in [2.24, 2.45) is 0 Å². The number of fused-ring (bicyclic) bond motifs is 8. The molecule has 0 N–H and O–H groups in total. The fourth-order valence-corrected chi connectivity index (χ4v) is 12.2. The van der Waals surface area contributed by atoms with Crippen LogP contribution in [-0.2, 0) is 5.41 Å². The predicted molar refractivity (Wildman–Crippen MR) is 263 cm³/mol. The normalized spacial score (nSPS) is 14.8. The maximum absolute atomic E-state index is 2.54. The first-order chi connectivity index (χ1) is 30.0. The molecule has 1 nitrogen and oxygen atoms in total. The van der Waals surface area contributed by atoms with Gasteiger partial charge in [-0.05, 0) is 115 Å². The lowest BCUT2D eigenvalue weighted by Gasteiger charge is -2.30. The molecule has 0 amide bonds. The van der Waals surface area contributed by atoms with E-state index in [0.717, 1.165) is 11.4 Å². The third-order valence-electron chi connectivity index (χ3n) is 14.1. The van der Waals surface area contributed by atoms with Crippen LogP contribution >= 0.6 is 11.3 Å². The Morgan fingerprint density at radius 1 is 0.475 bits per heavy atom. The van der Waals surface area contributed by atoms with Gasteiger partial charge in [0, 0.05) is 42.5 Å². The molecule has 0 saturated heterocycles. The first kappa shape index (κ1) is 36.4. The van der Waals surface area contributed by atoms with Crippen LogP contribution in [0.4, 0.5) is 17.1 Å². The van der Waals surface area contributed by atoms with Gasteiger partial charge in [0.2, 0.25) is 0 Å². The molecule has 12 rings (SSSR count). The topological polar surface area (TPSA) is 3.24 Å². The molecular weight excluding hydrogens is 755 g/mol. The smallest absolute Gasteiger partial charge is 0.0546 e. The lowest BCUT2D eigenvalue weighted by Crippen LogP contribution is -2.17. The number of anilines is 3. The van der Waals surface area contributed by atoms with Crippen LogP contribution in [0.15, 0.2) is 182 Å². The Morgan fingerprint density at radius 3 is 1.97 bits per heavy atom. The van der Waals surface area contributed by atoms with E-state index in [2.05, 4.69) is 201 Å². The average Bonchev–Trinajstić information content (AvgIpc) is 3.80. The highest BCUT2D eigenvalue weighted by atomic mass is 32.1. The van der Waals surface area contributed by atoms with E-state index in [0.29, 0.717) is 5.92 Å². The molecule has 0 radical (unpaired) electrons. The first-order valence-electron chi connectivity index (χ1n) is 22.1. The molecule has 0 unspecified atom stereocenters. The molecular formula is C59H47NS. The Hall–Kier alpha value is -6.48. The maximum Gasteiger partial charge on any atom is 0.0546 e. The van der Waals surface area contributed by atoms with Crippen LogP contribution in [0, 0.1) is 0 Å². The van der Waals surface area contributed by atoms with E-state index in [-0.39, 0.29) is 5.41 Å². The van der Waals surface area contributed by atoms with Gasteiger partial charge in [-0.3, -0.25) is 0 Å². The molecule has 61 heavy (non-hydrogen) atoms. The quantitative estimate of drug-likeness (QED) is 0.162. The van der Waals surface area contributed by atoms with Gasteiger partial charge in [-0.2, -0.15) is 0 Å². The Labute approximate surface area is 362 Å². The minimum atomic E-state index is -0.129. The van der Waals surface area contributed by atoms with Crippen molar-refractivity contribution >= 4 is 70.1 Å². The Morgan fingerprint density at radius 2 is 1.11 bits per heavy atom. The largest absolute Gasteiger partial charge is 0.310 e.